The van der Waals surface area contributed by atoms with Crippen LogP contribution in [0.15, 0.2) is 24.3 Å². The summed E-state index contributed by atoms with van der Waals surface area (Å²) < 4.78 is 25.9. The van der Waals surface area contributed by atoms with Crippen LogP contribution in [0.5, 0.6) is 0 Å². The van der Waals surface area contributed by atoms with Gasteiger partial charge in [-0.2, -0.15) is 0 Å². The Bertz CT molecular complexity index is 644. The fraction of sp³-hybridized carbons (Fsp3) is 0.647. The van der Waals surface area contributed by atoms with Crippen LogP contribution in [0.3, 0.4) is 0 Å². The van der Waals surface area contributed by atoms with Crippen molar-refractivity contribution in [1.82, 2.24) is 9.21 Å². The number of sulfonamides is 1. The van der Waals surface area contributed by atoms with Gasteiger partial charge in [0.05, 0.1) is 5.75 Å². The maximum Gasteiger partial charge on any atom is 0.213 e. The van der Waals surface area contributed by atoms with Crippen LogP contribution >= 0.6 is 0 Å². The summed E-state index contributed by atoms with van der Waals surface area (Å²) in [5, 5.41) is 0. The predicted octanol–water partition coefficient (Wildman–Crippen LogP) is 2.24. The number of rotatable bonds is 4. The minimum atomic E-state index is -3.03. The first-order chi connectivity index (χ1) is 10.4. The van der Waals surface area contributed by atoms with Gasteiger partial charge in [0.15, 0.2) is 0 Å². The molecule has 0 aromatic heterocycles. The molecular formula is C17H26N2O2S. The van der Waals surface area contributed by atoms with E-state index in [1.54, 1.807) is 11.2 Å². The molecule has 22 heavy (non-hydrogen) atoms. The van der Waals surface area contributed by atoms with Gasteiger partial charge in [-0.1, -0.05) is 24.3 Å². The van der Waals surface area contributed by atoms with Crippen LogP contribution in [0.25, 0.3) is 0 Å². The molecule has 5 heteroatoms. The first kappa shape index (κ1) is 16.0. The van der Waals surface area contributed by atoms with Gasteiger partial charge in [0.25, 0.3) is 0 Å². The number of nitrogens with zero attached hydrogens (tertiary/aromatic N) is 2. The standard InChI is InChI=1S/C17H26N2O2S/c1-3-22(20,21)19-11-9-17(14-19)8-10-18(13-17)12-16-7-5-4-6-15(16)2/h4-7H,3,8-14H2,1-2H3/t17-/m1/s1. The number of hydrogen-bond donors (Lipinski definition) is 0. The number of benzene rings is 1. The minimum absolute atomic E-state index is 0.185. The summed E-state index contributed by atoms with van der Waals surface area (Å²) in [7, 11) is -3.03. The average molecular weight is 322 g/mol. The van der Waals surface area contributed by atoms with Crippen molar-refractivity contribution in [3.63, 3.8) is 0 Å². The van der Waals surface area contributed by atoms with Gasteiger partial charge in [-0.3, -0.25) is 4.90 Å². The van der Waals surface area contributed by atoms with Crippen LogP contribution in [0, 0.1) is 12.3 Å². The Labute approximate surface area is 134 Å². The Hall–Kier alpha value is -0.910. The van der Waals surface area contributed by atoms with Gasteiger partial charge in [0.1, 0.15) is 0 Å². The Balaban J connectivity index is 1.65. The number of aryl methyl sites for hydroxylation is 1. The molecule has 2 aliphatic rings. The molecule has 4 nitrogen and oxygen atoms in total. The summed E-state index contributed by atoms with van der Waals surface area (Å²) in [6, 6.07) is 8.53. The highest BCUT2D eigenvalue weighted by atomic mass is 32.2. The predicted molar refractivity (Wildman–Crippen MR) is 89.2 cm³/mol. The lowest BCUT2D eigenvalue weighted by Gasteiger charge is -2.25. The quantitative estimate of drug-likeness (QED) is 0.853. The monoisotopic (exact) mass is 322 g/mol. The third kappa shape index (κ3) is 3.07. The highest BCUT2D eigenvalue weighted by Crippen LogP contribution is 2.40. The summed E-state index contributed by atoms with van der Waals surface area (Å²) in [5.74, 6) is 0.218. The largest absolute Gasteiger partial charge is 0.298 e. The van der Waals surface area contributed by atoms with Crippen molar-refractivity contribution in [3.8, 4) is 0 Å². The molecule has 0 aliphatic carbocycles. The van der Waals surface area contributed by atoms with Crippen LogP contribution in [-0.4, -0.2) is 49.6 Å². The number of hydrogen-bond acceptors (Lipinski definition) is 3. The third-order valence-electron chi connectivity index (χ3n) is 5.33. The second-order valence-corrected chi connectivity index (χ2v) is 9.13. The molecule has 0 bridgehead atoms. The Morgan fingerprint density at radius 2 is 1.86 bits per heavy atom. The molecule has 2 aliphatic heterocycles. The molecule has 3 rings (SSSR count). The van der Waals surface area contributed by atoms with Crippen molar-refractivity contribution < 1.29 is 8.42 Å². The SMILES string of the molecule is CCS(=O)(=O)N1CC[C@@]2(CCN(Cc3ccccc3C)C2)C1. The van der Waals surface area contributed by atoms with Crippen molar-refractivity contribution in [2.24, 2.45) is 5.41 Å². The van der Waals surface area contributed by atoms with Gasteiger partial charge < -0.3 is 0 Å². The van der Waals surface area contributed by atoms with Crippen molar-refractivity contribution in [2.75, 3.05) is 31.9 Å². The molecule has 0 amide bonds. The first-order valence-electron chi connectivity index (χ1n) is 8.19. The summed E-state index contributed by atoms with van der Waals surface area (Å²) in [4.78, 5) is 2.49. The van der Waals surface area contributed by atoms with Gasteiger partial charge in [0.2, 0.25) is 10.0 Å². The zero-order valence-corrected chi connectivity index (χ0v) is 14.4. The summed E-state index contributed by atoms with van der Waals surface area (Å²) >= 11 is 0. The molecule has 0 radical (unpaired) electrons. The second kappa shape index (κ2) is 5.95. The van der Waals surface area contributed by atoms with Crippen molar-refractivity contribution in [3.05, 3.63) is 35.4 Å². The molecule has 1 aromatic rings. The molecule has 2 fully saturated rings. The second-order valence-electron chi connectivity index (χ2n) is 6.87. The maximum atomic E-state index is 12.1. The molecule has 2 saturated heterocycles. The van der Waals surface area contributed by atoms with Gasteiger partial charge in [-0.25, -0.2) is 12.7 Å². The van der Waals surface area contributed by atoms with E-state index in [2.05, 4.69) is 36.1 Å². The van der Waals surface area contributed by atoms with E-state index in [-0.39, 0.29) is 11.2 Å². The third-order valence-corrected chi connectivity index (χ3v) is 7.16. The summed E-state index contributed by atoms with van der Waals surface area (Å²) in [6.45, 7) is 8.40. The molecule has 0 saturated carbocycles. The topological polar surface area (TPSA) is 40.6 Å². The van der Waals surface area contributed by atoms with Crippen LogP contribution in [-0.2, 0) is 16.6 Å². The van der Waals surface area contributed by atoms with Crippen molar-refractivity contribution in [1.29, 1.82) is 0 Å². The maximum absolute atomic E-state index is 12.1. The lowest BCUT2D eigenvalue weighted by molar-refractivity contribution is 0.260. The molecule has 0 N–H and O–H groups in total. The normalized spacial score (nSPS) is 27.0. The van der Waals surface area contributed by atoms with Gasteiger partial charge in [-0.15, -0.1) is 0 Å². The first-order valence-corrected chi connectivity index (χ1v) is 9.80. The molecule has 1 aromatic carbocycles. The smallest absolute Gasteiger partial charge is 0.213 e. The zero-order chi connectivity index (χ0) is 15.8. The van der Waals surface area contributed by atoms with E-state index in [9.17, 15) is 8.42 Å². The lowest BCUT2D eigenvalue weighted by Crippen LogP contribution is -2.34. The highest BCUT2D eigenvalue weighted by molar-refractivity contribution is 7.89. The van der Waals surface area contributed by atoms with Crippen LogP contribution < -0.4 is 0 Å². The van der Waals surface area contributed by atoms with Crippen molar-refractivity contribution >= 4 is 10.0 Å². The van der Waals surface area contributed by atoms with E-state index in [4.69, 9.17) is 0 Å². The Morgan fingerprint density at radius 1 is 1.14 bits per heavy atom. The fourth-order valence-corrected chi connectivity index (χ4v) is 5.04. The van der Waals surface area contributed by atoms with Gasteiger partial charge in [-0.05, 0) is 49.8 Å². The molecule has 1 spiro atoms. The van der Waals surface area contributed by atoms with Crippen LogP contribution in [0.1, 0.15) is 30.9 Å². The minimum Gasteiger partial charge on any atom is -0.298 e. The van der Waals surface area contributed by atoms with Gasteiger partial charge >= 0.3 is 0 Å². The molecule has 122 valence electrons. The summed E-state index contributed by atoms with van der Waals surface area (Å²) in [6.07, 6.45) is 2.13. The zero-order valence-electron chi connectivity index (χ0n) is 13.6. The summed E-state index contributed by atoms with van der Waals surface area (Å²) in [5.41, 5.74) is 2.91. The van der Waals surface area contributed by atoms with E-state index in [0.29, 0.717) is 13.1 Å². The van der Waals surface area contributed by atoms with Crippen LogP contribution in [0.2, 0.25) is 0 Å². The molecule has 2 heterocycles. The Morgan fingerprint density at radius 3 is 2.59 bits per heavy atom. The molecule has 1 atom stereocenters. The Kier molecular flexibility index (Phi) is 4.32. The highest BCUT2D eigenvalue weighted by Gasteiger charge is 2.45. The van der Waals surface area contributed by atoms with Crippen molar-refractivity contribution in [2.45, 2.75) is 33.2 Å². The van der Waals surface area contributed by atoms with Crippen LogP contribution in [0.4, 0.5) is 0 Å². The fourth-order valence-electron chi connectivity index (χ4n) is 3.84. The molecule has 0 unspecified atom stereocenters. The van der Waals surface area contributed by atoms with E-state index < -0.39 is 10.0 Å². The van der Waals surface area contributed by atoms with E-state index in [1.807, 2.05) is 0 Å². The lowest BCUT2D eigenvalue weighted by atomic mass is 9.86. The average Bonchev–Trinajstić information content (AvgIpc) is 3.10. The molecular weight excluding hydrogens is 296 g/mol. The van der Waals surface area contributed by atoms with Gasteiger partial charge in [0, 0.05) is 26.2 Å². The number of likely N-dealkylation sites (tertiary alicyclic amines) is 1. The van der Waals surface area contributed by atoms with E-state index >= 15 is 0 Å². The van der Waals surface area contributed by atoms with E-state index in [1.165, 1.54) is 11.1 Å². The van der Waals surface area contributed by atoms with E-state index in [0.717, 1.165) is 32.5 Å².